The molecular formula is C7H9F5N2O3. The Morgan fingerprint density at radius 3 is 2.00 bits per heavy atom. The molecule has 0 fully saturated rings. The zero-order chi connectivity index (χ0) is 13.9. The zero-order valence-corrected chi connectivity index (χ0v) is 8.44. The van der Waals surface area contributed by atoms with Crippen molar-refractivity contribution < 1.29 is 36.6 Å². The molecule has 0 aliphatic heterocycles. The van der Waals surface area contributed by atoms with E-state index in [4.69, 9.17) is 5.11 Å². The number of carboxylic acid groups (broad SMARTS) is 1. The lowest BCUT2D eigenvalue weighted by molar-refractivity contribution is -0.300. The minimum absolute atomic E-state index is 1.06. The number of aliphatic carboxylic acids is 1. The maximum Gasteiger partial charge on any atom is 0.454 e. The Bertz CT molecular complexity index is 304. The van der Waals surface area contributed by atoms with Crippen LogP contribution in [0.15, 0.2) is 0 Å². The molecular weight excluding hydrogens is 255 g/mol. The minimum atomic E-state index is -6.00. The van der Waals surface area contributed by atoms with Crippen molar-refractivity contribution in [3.05, 3.63) is 0 Å². The quantitative estimate of drug-likeness (QED) is 0.657. The summed E-state index contributed by atoms with van der Waals surface area (Å²) >= 11 is 0. The van der Waals surface area contributed by atoms with Crippen molar-refractivity contribution in [1.29, 1.82) is 0 Å². The fourth-order valence-corrected chi connectivity index (χ4v) is 0.851. The topological polar surface area (TPSA) is 78.4 Å². The average Bonchev–Trinajstić information content (AvgIpc) is 2.14. The predicted octanol–water partition coefficient (Wildman–Crippen LogP) is 0.814. The van der Waals surface area contributed by atoms with E-state index in [1.165, 1.54) is 0 Å². The van der Waals surface area contributed by atoms with E-state index < -0.39 is 36.6 Å². The van der Waals surface area contributed by atoms with Gasteiger partial charge in [0.1, 0.15) is 5.92 Å². The van der Waals surface area contributed by atoms with Crippen LogP contribution >= 0.6 is 0 Å². The molecule has 100 valence electrons. The van der Waals surface area contributed by atoms with Gasteiger partial charge in [0, 0.05) is 13.6 Å². The average molecular weight is 264 g/mol. The highest BCUT2D eigenvalue weighted by Crippen LogP contribution is 2.41. The lowest BCUT2D eigenvalue weighted by Gasteiger charge is -2.25. The van der Waals surface area contributed by atoms with Crippen molar-refractivity contribution >= 4 is 12.0 Å². The van der Waals surface area contributed by atoms with Crippen LogP contribution < -0.4 is 10.6 Å². The summed E-state index contributed by atoms with van der Waals surface area (Å²) in [7, 11) is 1.09. The number of hydrogen-bond donors (Lipinski definition) is 3. The second-order valence-corrected chi connectivity index (χ2v) is 2.97. The highest BCUT2D eigenvalue weighted by atomic mass is 19.4. The molecule has 0 aromatic heterocycles. The van der Waals surface area contributed by atoms with Crippen LogP contribution in [0.4, 0.5) is 26.7 Å². The number of amides is 2. The summed E-state index contributed by atoms with van der Waals surface area (Å²) in [4.78, 5) is 20.9. The summed E-state index contributed by atoms with van der Waals surface area (Å²) in [6, 6.07) is -1.06. The molecule has 2 amide bonds. The van der Waals surface area contributed by atoms with Crippen LogP contribution in [0.1, 0.15) is 0 Å². The second kappa shape index (κ2) is 5.15. The summed E-state index contributed by atoms with van der Waals surface area (Å²) in [5, 5.41) is 11.8. The van der Waals surface area contributed by atoms with Gasteiger partial charge in [-0.25, -0.2) is 4.79 Å². The standard InChI is InChI=1S/C7H9F5N2O3/c1-13-5(17)14-2-3(4(15)16)6(8,9)7(10,11)12/h3H,2H2,1H3,(H,15,16)(H2,13,14,17). The number of halogens is 5. The smallest absolute Gasteiger partial charge is 0.454 e. The van der Waals surface area contributed by atoms with Crippen molar-refractivity contribution in [2.24, 2.45) is 5.92 Å². The van der Waals surface area contributed by atoms with Gasteiger partial charge in [-0.3, -0.25) is 4.79 Å². The highest BCUT2D eigenvalue weighted by molar-refractivity contribution is 5.76. The summed E-state index contributed by atoms with van der Waals surface area (Å²) in [5.41, 5.74) is 0. The van der Waals surface area contributed by atoms with E-state index in [0.717, 1.165) is 7.05 Å². The third kappa shape index (κ3) is 3.71. The Morgan fingerprint density at radius 1 is 1.24 bits per heavy atom. The third-order valence-corrected chi connectivity index (χ3v) is 1.81. The Kier molecular flexibility index (Phi) is 4.66. The summed E-state index contributed by atoms with van der Waals surface area (Å²) in [6.07, 6.45) is -6.00. The number of urea groups is 1. The molecule has 0 saturated carbocycles. The number of rotatable bonds is 4. The first-order valence-electron chi connectivity index (χ1n) is 4.17. The van der Waals surface area contributed by atoms with E-state index in [9.17, 15) is 31.5 Å². The Labute approximate surface area is 92.0 Å². The Hall–Kier alpha value is -1.61. The first-order valence-corrected chi connectivity index (χ1v) is 4.17. The first-order chi connectivity index (χ1) is 7.54. The van der Waals surface area contributed by atoms with Crippen molar-refractivity contribution in [2.45, 2.75) is 12.1 Å². The number of alkyl halides is 5. The van der Waals surface area contributed by atoms with Crippen molar-refractivity contribution in [3.63, 3.8) is 0 Å². The second-order valence-electron chi connectivity index (χ2n) is 2.97. The van der Waals surface area contributed by atoms with E-state index in [1.807, 2.05) is 5.32 Å². The minimum Gasteiger partial charge on any atom is -0.481 e. The molecule has 1 atom stereocenters. The van der Waals surface area contributed by atoms with Gasteiger partial charge in [-0.15, -0.1) is 0 Å². The molecule has 0 spiro atoms. The monoisotopic (exact) mass is 264 g/mol. The van der Waals surface area contributed by atoms with Crippen molar-refractivity contribution in [1.82, 2.24) is 10.6 Å². The van der Waals surface area contributed by atoms with Crippen LogP contribution in [0, 0.1) is 5.92 Å². The molecule has 3 N–H and O–H groups in total. The molecule has 0 aromatic carbocycles. The van der Waals surface area contributed by atoms with Gasteiger partial charge in [0.05, 0.1) is 0 Å². The molecule has 17 heavy (non-hydrogen) atoms. The van der Waals surface area contributed by atoms with Gasteiger partial charge < -0.3 is 15.7 Å². The zero-order valence-electron chi connectivity index (χ0n) is 8.44. The van der Waals surface area contributed by atoms with Crippen LogP contribution in [0.3, 0.4) is 0 Å². The van der Waals surface area contributed by atoms with Gasteiger partial charge in [-0.1, -0.05) is 0 Å². The summed E-state index contributed by atoms with van der Waals surface area (Å²) in [5.74, 6) is -10.9. The number of carboxylic acids is 1. The van der Waals surface area contributed by atoms with Gasteiger partial charge >= 0.3 is 24.1 Å². The van der Waals surface area contributed by atoms with Gasteiger partial charge in [0.25, 0.3) is 0 Å². The fraction of sp³-hybridized carbons (Fsp3) is 0.714. The summed E-state index contributed by atoms with van der Waals surface area (Å²) in [6.45, 7) is -1.35. The highest BCUT2D eigenvalue weighted by Gasteiger charge is 2.64. The van der Waals surface area contributed by atoms with E-state index in [0.29, 0.717) is 0 Å². The molecule has 1 unspecified atom stereocenters. The van der Waals surface area contributed by atoms with Gasteiger partial charge in [0.2, 0.25) is 0 Å². The van der Waals surface area contributed by atoms with E-state index >= 15 is 0 Å². The fourth-order valence-electron chi connectivity index (χ4n) is 0.851. The van der Waals surface area contributed by atoms with E-state index in [2.05, 4.69) is 0 Å². The molecule has 5 nitrogen and oxygen atoms in total. The molecule has 0 aliphatic rings. The van der Waals surface area contributed by atoms with E-state index in [1.54, 1.807) is 5.32 Å². The predicted molar refractivity (Wildman–Crippen MR) is 44.6 cm³/mol. The van der Waals surface area contributed by atoms with Crippen molar-refractivity contribution in [3.8, 4) is 0 Å². The maximum atomic E-state index is 12.7. The molecule has 10 heteroatoms. The van der Waals surface area contributed by atoms with Crippen LogP contribution in [0.2, 0.25) is 0 Å². The Morgan fingerprint density at radius 2 is 1.71 bits per heavy atom. The third-order valence-electron chi connectivity index (χ3n) is 1.81. The van der Waals surface area contributed by atoms with Crippen LogP contribution in [0.5, 0.6) is 0 Å². The number of carbonyl (C=O) groups is 2. The van der Waals surface area contributed by atoms with E-state index in [-0.39, 0.29) is 0 Å². The number of hydrogen-bond acceptors (Lipinski definition) is 2. The first kappa shape index (κ1) is 15.4. The normalized spacial score (nSPS) is 14.0. The van der Waals surface area contributed by atoms with Gasteiger partial charge in [-0.05, 0) is 0 Å². The van der Waals surface area contributed by atoms with Crippen LogP contribution in [-0.2, 0) is 4.79 Å². The van der Waals surface area contributed by atoms with Gasteiger partial charge in [0.15, 0.2) is 0 Å². The molecule has 0 bridgehead atoms. The largest absolute Gasteiger partial charge is 0.481 e. The van der Waals surface area contributed by atoms with Crippen LogP contribution in [0.25, 0.3) is 0 Å². The number of nitrogens with one attached hydrogen (secondary N) is 2. The molecule has 0 saturated heterocycles. The van der Waals surface area contributed by atoms with Gasteiger partial charge in [-0.2, -0.15) is 22.0 Å². The summed E-state index contributed by atoms with van der Waals surface area (Å²) < 4.78 is 61.2. The Balaban J connectivity index is 4.87. The number of carbonyl (C=O) groups excluding carboxylic acids is 1. The molecule has 0 aliphatic carbocycles. The lowest BCUT2D eigenvalue weighted by atomic mass is 10.0. The molecule has 0 radical (unpaired) electrons. The van der Waals surface area contributed by atoms with Crippen molar-refractivity contribution in [2.75, 3.05) is 13.6 Å². The maximum absolute atomic E-state index is 12.7. The SMILES string of the molecule is CNC(=O)NCC(C(=O)O)C(F)(F)C(F)(F)F. The molecule has 0 heterocycles. The molecule has 0 rings (SSSR count). The molecule has 0 aromatic rings. The van der Waals surface area contributed by atoms with Crippen LogP contribution in [-0.4, -0.2) is 42.8 Å². The lowest BCUT2D eigenvalue weighted by Crippen LogP contribution is -2.52.